The molecule has 1 aliphatic rings. The van der Waals surface area contributed by atoms with Crippen LogP contribution in [0.1, 0.15) is 31.7 Å². The van der Waals surface area contributed by atoms with Crippen molar-refractivity contribution in [2.24, 2.45) is 0 Å². The van der Waals surface area contributed by atoms with Crippen molar-refractivity contribution in [3.8, 4) is 0 Å². The van der Waals surface area contributed by atoms with Crippen molar-refractivity contribution >= 4 is 23.5 Å². The van der Waals surface area contributed by atoms with E-state index in [4.69, 9.17) is 0 Å². The summed E-state index contributed by atoms with van der Waals surface area (Å²) in [6, 6.07) is 11.1. The first-order chi connectivity index (χ1) is 10.3. The average Bonchev–Trinajstić information content (AvgIpc) is 3.07. The lowest BCUT2D eigenvalue weighted by Crippen LogP contribution is -2.28. The van der Waals surface area contributed by atoms with Gasteiger partial charge in [-0.1, -0.05) is 37.3 Å². The van der Waals surface area contributed by atoms with Gasteiger partial charge < -0.3 is 4.57 Å². The Morgan fingerprint density at radius 1 is 1.33 bits per heavy atom. The van der Waals surface area contributed by atoms with Crippen LogP contribution in [0.3, 0.4) is 0 Å². The summed E-state index contributed by atoms with van der Waals surface area (Å²) >= 11 is 4.32. The molecule has 21 heavy (non-hydrogen) atoms. The SMILES string of the molecule is CCC1CCSC(CCn2ccnc2)(c2ccccc2)S1. The molecule has 0 saturated carbocycles. The average molecular weight is 319 g/mol. The molecule has 2 atom stereocenters. The predicted molar refractivity (Wildman–Crippen MR) is 93.7 cm³/mol. The van der Waals surface area contributed by atoms with Crippen molar-refractivity contribution < 1.29 is 0 Å². The monoisotopic (exact) mass is 318 g/mol. The van der Waals surface area contributed by atoms with E-state index in [1.54, 1.807) is 0 Å². The molecule has 0 bridgehead atoms. The molecule has 3 rings (SSSR count). The molecule has 0 radical (unpaired) electrons. The molecular weight excluding hydrogens is 296 g/mol. The van der Waals surface area contributed by atoms with Crippen molar-refractivity contribution in [3.05, 3.63) is 54.6 Å². The van der Waals surface area contributed by atoms with E-state index in [2.05, 4.69) is 76.5 Å². The lowest BCUT2D eigenvalue weighted by atomic mass is 10.1. The van der Waals surface area contributed by atoms with E-state index in [1.807, 2.05) is 12.5 Å². The molecule has 112 valence electrons. The van der Waals surface area contributed by atoms with Crippen molar-refractivity contribution in [1.82, 2.24) is 9.55 Å². The van der Waals surface area contributed by atoms with Crippen LogP contribution in [0, 0.1) is 0 Å². The summed E-state index contributed by atoms with van der Waals surface area (Å²) in [5.41, 5.74) is 1.47. The van der Waals surface area contributed by atoms with Gasteiger partial charge in [0.25, 0.3) is 0 Å². The summed E-state index contributed by atoms with van der Waals surface area (Å²) < 4.78 is 2.39. The van der Waals surface area contributed by atoms with Crippen LogP contribution in [0.4, 0.5) is 0 Å². The van der Waals surface area contributed by atoms with Crippen LogP contribution in [-0.2, 0) is 10.6 Å². The number of aromatic nitrogens is 2. The Morgan fingerprint density at radius 2 is 2.19 bits per heavy atom. The van der Waals surface area contributed by atoms with E-state index >= 15 is 0 Å². The molecule has 1 saturated heterocycles. The van der Waals surface area contributed by atoms with Crippen LogP contribution in [0.2, 0.25) is 0 Å². The molecule has 2 nitrogen and oxygen atoms in total. The van der Waals surface area contributed by atoms with Gasteiger partial charge in [-0.3, -0.25) is 0 Å². The maximum absolute atomic E-state index is 4.16. The fraction of sp³-hybridized carbons (Fsp3) is 0.471. The van der Waals surface area contributed by atoms with Gasteiger partial charge in [-0.05, 0) is 30.6 Å². The highest BCUT2D eigenvalue weighted by atomic mass is 32.2. The van der Waals surface area contributed by atoms with Gasteiger partial charge in [0.05, 0.1) is 10.4 Å². The molecule has 2 heterocycles. The van der Waals surface area contributed by atoms with Gasteiger partial charge in [-0.15, -0.1) is 23.5 Å². The molecule has 0 N–H and O–H groups in total. The number of rotatable bonds is 5. The van der Waals surface area contributed by atoms with Gasteiger partial charge in [-0.25, -0.2) is 4.98 Å². The highest BCUT2D eigenvalue weighted by molar-refractivity contribution is 8.18. The molecular formula is C17H22N2S2. The molecule has 1 aromatic carbocycles. The van der Waals surface area contributed by atoms with Crippen LogP contribution in [0.25, 0.3) is 0 Å². The normalized spacial score (nSPS) is 25.9. The minimum Gasteiger partial charge on any atom is -0.337 e. The summed E-state index contributed by atoms with van der Waals surface area (Å²) in [5, 5.41) is 0.786. The largest absolute Gasteiger partial charge is 0.337 e. The predicted octanol–water partition coefficient (Wildman–Crippen LogP) is 4.77. The maximum atomic E-state index is 4.16. The van der Waals surface area contributed by atoms with E-state index in [-0.39, 0.29) is 4.08 Å². The zero-order chi connectivity index (χ0) is 14.5. The highest BCUT2D eigenvalue weighted by Crippen LogP contribution is 2.55. The third kappa shape index (κ3) is 3.49. The van der Waals surface area contributed by atoms with Gasteiger partial charge in [-0.2, -0.15) is 0 Å². The lowest BCUT2D eigenvalue weighted by Gasteiger charge is -2.40. The Labute approximate surface area is 135 Å². The number of hydrogen-bond donors (Lipinski definition) is 0. The van der Waals surface area contributed by atoms with Crippen molar-refractivity contribution in [3.63, 3.8) is 0 Å². The molecule has 1 aliphatic heterocycles. The third-order valence-corrected chi connectivity index (χ3v) is 7.77. The number of benzene rings is 1. The zero-order valence-electron chi connectivity index (χ0n) is 12.4. The quantitative estimate of drug-likeness (QED) is 0.790. The van der Waals surface area contributed by atoms with Crippen LogP contribution >= 0.6 is 23.5 Å². The second kappa shape index (κ2) is 6.93. The molecule has 0 aliphatic carbocycles. The van der Waals surface area contributed by atoms with Gasteiger partial charge in [0.15, 0.2) is 0 Å². The fourth-order valence-electron chi connectivity index (χ4n) is 2.82. The van der Waals surface area contributed by atoms with Crippen molar-refractivity contribution in [2.75, 3.05) is 5.75 Å². The van der Waals surface area contributed by atoms with E-state index < -0.39 is 0 Å². The summed E-state index contributed by atoms with van der Waals surface area (Å²) in [7, 11) is 0. The molecule has 2 unspecified atom stereocenters. The van der Waals surface area contributed by atoms with Crippen LogP contribution < -0.4 is 0 Å². The zero-order valence-corrected chi connectivity index (χ0v) is 14.1. The first kappa shape index (κ1) is 15.0. The second-order valence-corrected chi connectivity index (χ2v) is 8.71. The molecule has 0 spiro atoms. The molecule has 1 fully saturated rings. The molecule has 4 heteroatoms. The van der Waals surface area contributed by atoms with Gasteiger partial charge >= 0.3 is 0 Å². The fourth-order valence-corrected chi connectivity index (χ4v) is 6.59. The minimum absolute atomic E-state index is 0.199. The van der Waals surface area contributed by atoms with E-state index in [0.29, 0.717) is 0 Å². The van der Waals surface area contributed by atoms with Crippen LogP contribution in [-0.4, -0.2) is 20.6 Å². The van der Waals surface area contributed by atoms with Crippen molar-refractivity contribution in [1.29, 1.82) is 0 Å². The Morgan fingerprint density at radius 3 is 2.90 bits per heavy atom. The molecule has 0 amide bonds. The van der Waals surface area contributed by atoms with Crippen molar-refractivity contribution in [2.45, 2.75) is 42.1 Å². The van der Waals surface area contributed by atoms with Gasteiger partial charge in [0.2, 0.25) is 0 Å². The summed E-state index contributed by atoms with van der Waals surface area (Å²) in [6.07, 6.45) is 9.61. The molecule has 1 aromatic heterocycles. The highest BCUT2D eigenvalue weighted by Gasteiger charge is 2.38. The van der Waals surface area contributed by atoms with Crippen LogP contribution in [0.5, 0.6) is 0 Å². The summed E-state index contributed by atoms with van der Waals surface area (Å²) in [5.74, 6) is 1.27. The Balaban J connectivity index is 1.83. The lowest BCUT2D eigenvalue weighted by molar-refractivity contribution is 0.603. The smallest absolute Gasteiger partial charge is 0.0945 e. The van der Waals surface area contributed by atoms with E-state index in [1.165, 1.54) is 24.2 Å². The van der Waals surface area contributed by atoms with Crippen LogP contribution in [0.15, 0.2) is 49.1 Å². The van der Waals surface area contributed by atoms with Gasteiger partial charge in [0, 0.05) is 24.2 Å². The topological polar surface area (TPSA) is 17.8 Å². The number of thioether (sulfide) groups is 2. The Hall–Kier alpha value is -0.870. The first-order valence-electron chi connectivity index (χ1n) is 7.65. The standard InChI is InChI=1S/C17H22N2S2/c1-2-16-8-13-20-17(21-16,15-6-4-3-5-7-15)9-11-19-12-10-18-14-19/h3-7,10,12,14,16H,2,8-9,11,13H2,1H3. The Bertz CT molecular complexity index is 541. The minimum atomic E-state index is 0.199. The second-order valence-electron chi connectivity index (χ2n) is 5.45. The summed E-state index contributed by atoms with van der Waals surface area (Å²) in [6.45, 7) is 3.35. The third-order valence-electron chi connectivity index (χ3n) is 4.06. The maximum Gasteiger partial charge on any atom is 0.0945 e. The number of aryl methyl sites for hydroxylation is 1. The molecule has 2 aromatic rings. The van der Waals surface area contributed by atoms with E-state index in [9.17, 15) is 0 Å². The number of imidazole rings is 1. The number of hydrogen-bond acceptors (Lipinski definition) is 3. The Kier molecular flexibility index (Phi) is 4.96. The number of nitrogens with zero attached hydrogens (tertiary/aromatic N) is 2. The first-order valence-corrected chi connectivity index (χ1v) is 9.52. The summed E-state index contributed by atoms with van der Waals surface area (Å²) in [4.78, 5) is 4.16. The van der Waals surface area contributed by atoms with E-state index in [0.717, 1.165) is 18.2 Å². The van der Waals surface area contributed by atoms with Gasteiger partial charge in [0.1, 0.15) is 0 Å².